The second-order valence-electron chi connectivity index (χ2n) is 9.35. The molecule has 1 aliphatic carbocycles. The molecule has 1 unspecified atom stereocenters. The van der Waals surface area contributed by atoms with E-state index in [1.807, 2.05) is 13.0 Å². The van der Waals surface area contributed by atoms with E-state index in [1.54, 1.807) is 24.3 Å². The second kappa shape index (κ2) is 9.81. The standard InChI is InChI=1S/C25H32FN3O3S/c1-16-3-4-19-9-14-23(15-24(19)27-16)33(31,32)29-22-12-7-20(8-13-22)25(30)28-17(2)18-5-10-21(26)11-6-18/h5-6,9-11,14-17,20,22,27,29H,3-4,7-8,12-13H2,1-2H3,(H,28,30)/t16?,17-,20?,22?/m1/s1. The van der Waals surface area contributed by atoms with Crippen LogP contribution in [0.15, 0.2) is 47.4 Å². The summed E-state index contributed by atoms with van der Waals surface area (Å²) in [6.45, 7) is 3.97. The van der Waals surface area contributed by atoms with Gasteiger partial charge in [-0.3, -0.25) is 4.79 Å². The Bertz CT molecular complexity index is 1100. The van der Waals surface area contributed by atoms with Crippen LogP contribution in [0, 0.1) is 11.7 Å². The van der Waals surface area contributed by atoms with Gasteiger partial charge in [0.05, 0.1) is 10.9 Å². The summed E-state index contributed by atoms with van der Waals surface area (Å²) >= 11 is 0. The molecule has 3 N–H and O–H groups in total. The Kier molecular flexibility index (Phi) is 7.05. The summed E-state index contributed by atoms with van der Waals surface area (Å²) in [5.41, 5.74) is 2.89. The normalized spacial score (nSPS) is 23.8. The van der Waals surface area contributed by atoms with Crippen molar-refractivity contribution in [3.05, 3.63) is 59.4 Å². The van der Waals surface area contributed by atoms with E-state index in [4.69, 9.17) is 0 Å². The highest BCUT2D eigenvalue weighted by atomic mass is 32.2. The predicted molar refractivity (Wildman–Crippen MR) is 127 cm³/mol. The Morgan fingerprint density at radius 3 is 2.45 bits per heavy atom. The van der Waals surface area contributed by atoms with Gasteiger partial charge in [0.1, 0.15) is 5.82 Å². The van der Waals surface area contributed by atoms with Gasteiger partial charge in [0, 0.05) is 23.7 Å². The summed E-state index contributed by atoms with van der Waals surface area (Å²) in [6.07, 6.45) is 4.46. The quantitative estimate of drug-likeness (QED) is 0.584. The number of aryl methyl sites for hydroxylation is 1. The smallest absolute Gasteiger partial charge is 0.240 e. The molecular weight excluding hydrogens is 441 g/mol. The molecule has 1 fully saturated rings. The zero-order valence-corrected chi connectivity index (χ0v) is 19.9. The van der Waals surface area contributed by atoms with Crippen LogP contribution in [-0.2, 0) is 21.2 Å². The average Bonchev–Trinajstić information content (AvgIpc) is 2.79. The predicted octanol–water partition coefficient (Wildman–Crippen LogP) is 4.29. The number of carbonyl (C=O) groups excluding carboxylic acids is 1. The molecule has 2 atom stereocenters. The van der Waals surface area contributed by atoms with Crippen LogP contribution in [0.5, 0.6) is 0 Å². The molecule has 8 heteroatoms. The molecule has 0 aromatic heterocycles. The lowest BCUT2D eigenvalue weighted by molar-refractivity contribution is -0.126. The zero-order chi connectivity index (χ0) is 23.6. The van der Waals surface area contributed by atoms with Gasteiger partial charge in [0.15, 0.2) is 0 Å². The first-order chi connectivity index (χ1) is 15.7. The van der Waals surface area contributed by atoms with Gasteiger partial charge in [-0.25, -0.2) is 17.5 Å². The molecule has 6 nitrogen and oxygen atoms in total. The number of benzene rings is 2. The summed E-state index contributed by atoms with van der Waals surface area (Å²) in [7, 11) is -3.63. The lowest BCUT2D eigenvalue weighted by Gasteiger charge is -2.29. The number of carbonyl (C=O) groups is 1. The monoisotopic (exact) mass is 473 g/mol. The number of amides is 1. The molecule has 2 aromatic carbocycles. The SMILES string of the molecule is CC1CCc2ccc(S(=O)(=O)NC3CCC(C(=O)N[C@H](C)c4ccc(F)cc4)CC3)cc2N1. The molecule has 1 heterocycles. The van der Waals surface area contributed by atoms with Crippen molar-refractivity contribution < 1.29 is 17.6 Å². The van der Waals surface area contributed by atoms with Crippen LogP contribution in [0.4, 0.5) is 10.1 Å². The lowest BCUT2D eigenvalue weighted by Crippen LogP contribution is -2.41. The summed E-state index contributed by atoms with van der Waals surface area (Å²) in [6, 6.07) is 11.3. The first-order valence-corrected chi connectivity index (χ1v) is 13.2. The van der Waals surface area contributed by atoms with E-state index in [9.17, 15) is 17.6 Å². The molecule has 1 saturated carbocycles. The van der Waals surface area contributed by atoms with E-state index in [0.29, 0.717) is 31.7 Å². The van der Waals surface area contributed by atoms with Crippen LogP contribution >= 0.6 is 0 Å². The highest BCUT2D eigenvalue weighted by Gasteiger charge is 2.30. The van der Waals surface area contributed by atoms with Crippen LogP contribution in [-0.4, -0.2) is 26.4 Å². The first-order valence-electron chi connectivity index (χ1n) is 11.7. The number of halogens is 1. The van der Waals surface area contributed by atoms with E-state index < -0.39 is 10.0 Å². The van der Waals surface area contributed by atoms with Crippen LogP contribution in [0.25, 0.3) is 0 Å². The molecule has 2 aliphatic rings. The van der Waals surface area contributed by atoms with E-state index in [2.05, 4.69) is 22.3 Å². The molecule has 178 valence electrons. The maximum Gasteiger partial charge on any atom is 0.240 e. The third kappa shape index (κ3) is 5.73. The van der Waals surface area contributed by atoms with E-state index in [-0.39, 0.29) is 34.6 Å². The number of anilines is 1. The van der Waals surface area contributed by atoms with Crippen molar-refractivity contribution in [2.24, 2.45) is 5.92 Å². The Balaban J connectivity index is 1.31. The van der Waals surface area contributed by atoms with Gasteiger partial charge in [0.25, 0.3) is 0 Å². The number of hydrogen-bond donors (Lipinski definition) is 3. The Morgan fingerprint density at radius 2 is 1.76 bits per heavy atom. The second-order valence-corrected chi connectivity index (χ2v) is 11.1. The Labute approximate surface area is 195 Å². The van der Waals surface area contributed by atoms with Crippen molar-refractivity contribution in [3.8, 4) is 0 Å². The van der Waals surface area contributed by atoms with Crippen LogP contribution in [0.2, 0.25) is 0 Å². The first kappa shape index (κ1) is 23.7. The van der Waals surface area contributed by atoms with Gasteiger partial charge >= 0.3 is 0 Å². The lowest BCUT2D eigenvalue weighted by atomic mass is 9.85. The van der Waals surface area contributed by atoms with Gasteiger partial charge in [-0.15, -0.1) is 0 Å². The number of hydrogen-bond acceptors (Lipinski definition) is 4. The highest BCUT2D eigenvalue weighted by molar-refractivity contribution is 7.89. The van der Waals surface area contributed by atoms with Crippen molar-refractivity contribution >= 4 is 21.6 Å². The molecule has 4 rings (SSSR count). The van der Waals surface area contributed by atoms with Crippen molar-refractivity contribution in [2.75, 3.05) is 5.32 Å². The number of fused-ring (bicyclic) bond motifs is 1. The Hall–Kier alpha value is -2.45. The van der Waals surface area contributed by atoms with Crippen molar-refractivity contribution in [1.82, 2.24) is 10.0 Å². The minimum absolute atomic E-state index is 0.0389. The average molecular weight is 474 g/mol. The third-order valence-corrected chi connectivity index (χ3v) is 8.31. The largest absolute Gasteiger partial charge is 0.382 e. The van der Waals surface area contributed by atoms with Gasteiger partial charge < -0.3 is 10.6 Å². The van der Waals surface area contributed by atoms with Crippen molar-refractivity contribution in [1.29, 1.82) is 0 Å². The fraction of sp³-hybridized carbons (Fsp3) is 0.480. The van der Waals surface area contributed by atoms with E-state index in [1.165, 1.54) is 12.1 Å². The molecule has 0 radical (unpaired) electrons. The summed E-state index contributed by atoms with van der Waals surface area (Å²) in [5.74, 6) is -0.495. The maximum atomic E-state index is 13.1. The molecule has 2 aromatic rings. The van der Waals surface area contributed by atoms with Gasteiger partial charge in [-0.1, -0.05) is 18.2 Å². The minimum Gasteiger partial charge on any atom is -0.382 e. The van der Waals surface area contributed by atoms with Crippen molar-refractivity contribution in [2.45, 2.75) is 75.4 Å². The molecule has 1 aliphatic heterocycles. The third-order valence-electron chi connectivity index (χ3n) is 6.79. The van der Waals surface area contributed by atoms with Crippen LogP contribution < -0.4 is 15.4 Å². The number of rotatable bonds is 6. The minimum atomic E-state index is -3.63. The molecule has 0 saturated heterocycles. The van der Waals surface area contributed by atoms with Gasteiger partial charge in [-0.2, -0.15) is 0 Å². The topological polar surface area (TPSA) is 87.3 Å². The zero-order valence-electron chi connectivity index (χ0n) is 19.1. The molecule has 1 amide bonds. The van der Waals surface area contributed by atoms with Crippen molar-refractivity contribution in [3.63, 3.8) is 0 Å². The van der Waals surface area contributed by atoms with Gasteiger partial charge in [-0.05, 0) is 87.8 Å². The fourth-order valence-corrected chi connectivity index (χ4v) is 6.04. The number of sulfonamides is 1. The summed E-state index contributed by atoms with van der Waals surface area (Å²) < 4.78 is 41.9. The molecular formula is C25H32FN3O3S. The summed E-state index contributed by atoms with van der Waals surface area (Å²) in [4.78, 5) is 13.0. The van der Waals surface area contributed by atoms with E-state index in [0.717, 1.165) is 29.7 Å². The Morgan fingerprint density at radius 1 is 1.06 bits per heavy atom. The van der Waals surface area contributed by atoms with Crippen LogP contribution in [0.1, 0.15) is 63.1 Å². The fourth-order valence-electron chi connectivity index (χ4n) is 4.71. The number of nitrogens with one attached hydrogen (secondary N) is 3. The van der Waals surface area contributed by atoms with Gasteiger partial charge in [0.2, 0.25) is 15.9 Å². The molecule has 33 heavy (non-hydrogen) atoms. The molecule has 0 bridgehead atoms. The maximum absolute atomic E-state index is 13.1. The molecule has 0 spiro atoms. The summed E-state index contributed by atoms with van der Waals surface area (Å²) in [5, 5.41) is 6.37. The van der Waals surface area contributed by atoms with E-state index >= 15 is 0 Å². The van der Waals surface area contributed by atoms with Crippen LogP contribution in [0.3, 0.4) is 0 Å². The highest BCUT2D eigenvalue weighted by Crippen LogP contribution is 2.29.